The van der Waals surface area contributed by atoms with E-state index in [4.69, 9.17) is 0 Å². The van der Waals surface area contributed by atoms with Crippen LogP contribution in [0.3, 0.4) is 0 Å². The third kappa shape index (κ3) is 2.02. The lowest BCUT2D eigenvalue weighted by molar-refractivity contribution is 0.121. The van der Waals surface area contributed by atoms with Crippen LogP contribution in [0.1, 0.15) is 53.4 Å². The molecule has 1 aliphatic rings. The first kappa shape index (κ1) is 10.1. The molecule has 2 atom stereocenters. The lowest BCUT2D eigenvalue weighted by atomic mass is 9.67. The third-order valence-corrected chi connectivity index (χ3v) is 3.92. The van der Waals surface area contributed by atoms with Gasteiger partial charge in [-0.2, -0.15) is 0 Å². The van der Waals surface area contributed by atoms with Gasteiger partial charge in [0.1, 0.15) is 0 Å². The van der Waals surface area contributed by atoms with E-state index in [0.29, 0.717) is 0 Å². The second-order valence-electron chi connectivity index (χ2n) is 4.77. The van der Waals surface area contributed by atoms with Crippen LogP contribution < -0.4 is 0 Å². The van der Waals surface area contributed by atoms with Crippen molar-refractivity contribution < 1.29 is 0 Å². The normalized spacial score (nSPS) is 43.0. The van der Waals surface area contributed by atoms with Gasteiger partial charge in [0, 0.05) is 0 Å². The Labute approximate surface area is 77.7 Å². The fourth-order valence-electron chi connectivity index (χ4n) is 3.20. The number of hydrogen-bond donors (Lipinski definition) is 0. The van der Waals surface area contributed by atoms with E-state index in [-0.39, 0.29) is 0 Å². The highest BCUT2D eigenvalue weighted by Crippen LogP contribution is 2.40. The topological polar surface area (TPSA) is 0 Å². The standard InChI is InChI=1S/C12H24/c1-5-11-7-9(3)12(6-2)10(4)8-11/h9-12H,5-8H2,1-4H3. The summed E-state index contributed by atoms with van der Waals surface area (Å²) in [4.78, 5) is 0. The molecule has 0 aliphatic heterocycles. The molecule has 0 heterocycles. The van der Waals surface area contributed by atoms with Gasteiger partial charge >= 0.3 is 0 Å². The minimum Gasteiger partial charge on any atom is -0.0651 e. The van der Waals surface area contributed by atoms with Crippen LogP contribution in [0.5, 0.6) is 0 Å². The molecule has 1 aliphatic carbocycles. The molecule has 2 unspecified atom stereocenters. The Balaban J connectivity index is 2.51. The van der Waals surface area contributed by atoms with Gasteiger partial charge in [-0.25, -0.2) is 0 Å². The molecule has 0 nitrogen and oxygen atoms in total. The van der Waals surface area contributed by atoms with E-state index in [1.54, 1.807) is 0 Å². The summed E-state index contributed by atoms with van der Waals surface area (Å²) in [6, 6.07) is 0. The van der Waals surface area contributed by atoms with Gasteiger partial charge in [0.05, 0.1) is 0 Å². The molecule has 1 fully saturated rings. The highest BCUT2D eigenvalue weighted by atomic mass is 14.4. The molecule has 0 radical (unpaired) electrons. The van der Waals surface area contributed by atoms with Crippen molar-refractivity contribution in [2.75, 3.05) is 0 Å². The van der Waals surface area contributed by atoms with Gasteiger partial charge < -0.3 is 0 Å². The van der Waals surface area contributed by atoms with Crippen LogP contribution in [0.25, 0.3) is 0 Å². The highest BCUT2D eigenvalue weighted by Gasteiger charge is 2.30. The van der Waals surface area contributed by atoms with Crippen LogP contribution >= 0.6 is 0 Å². The molecular formula is C12H24. The molecule has 1 rings (SSSR count). The summed E-state index contributed by atoms with van der Waals surface area (Å²) in [6.07, 6.45) is 5.75. The second kappa shape index (κ2) is 4.30. The molecule has 0 N–H and O–H groups in total. The van der Waals surface area contributed by atoms with Crippen molar-refractivity contribution in [3.05, 3.63) is 0 Å². The minimum absolute atomic E-state index is 0.976. The van der Waals surface area contributed by atoms with E-state index >= 15 is 0 Å². The molecule has 72 valence electrons. The fraction of sp³-hybridized carbons (Fsp3) is 1.00. The minimum atomic E-state index is 0.976. The first-order valence-corrected chi connectivity index (χ1v) is 5.69. The molecule has 12 heavy (non-hydrogen) atoms. The average molecular weight is 168 g/mol. The second-order valence-corrected chi connectivity index (χ2v) is 4.77. The van der Waals surface area contributed by atoms with Gasteiger partial charge in [-0.15, -0.1) is 0 Å². The zero-order chi connectivity index (χ0) is 9.14. The van der Waals surface area contributed by atoms with Crippen molar-refractivity contribution in [2.24, 2.45) is 23.7 Å². The van der Waals surface area contributed by atoms with Crippen LogP contribution in [0.4, 0.5) is 0 Å². The summed E-state index contributed by atoms with van der Waals surface area (Å²) in [6.45, 7) is 9.60. The van der Waals surface area contributed by atoms with Crippen molar-refractivity contribution in [2.45, 2.75) is 53.4 Å². The zero-order valence-electron chi connectivity index (χ0n) is 9.14. The van der Waals surface area contributed by atoms with Gasteiger partial charge in [-0.3, -0.25) is 0 Å². The molecule has 0 aromatic heterocycles. The van der Waals surface area contributed by atoms with Gasteiger partial charge in [-0.05, 0) is 36.5 Å². The Morgan fingerprint density at radius 1 is 0.917 bits per heavy atom. The molecule has 0 spiro atoms. The summed E-state index contributed by atoms with van der Waals surface area (Å²) in [5.41, 5.74) is 0. The number of hydrogen-bond acceptors (Lipinski definition) is 0. The van der Waals surface area contributed by atoms with Crippen LogP contribution in [0.15, 0.2) is 0 Å². The number of rotatable bonds is 2. The maximum atomic E-state index is 2.45. The summed E-state index contributed by atoms with van der Waals surface area (Å²) in [5, 5.41) is 0. The van der Waals surface area contributed by atoms with Crippen LogP contribution in [-0.4, -0.2) is 0 Å². The first-order chi connectivity index (χ1) is 5.69. The van der Waals surface area contributed by atoms with Crippen molar-refractivity contribution >= 4 is 0 Å². The largest absolute Gasteiger partial charge is 0.0651 e. The van der Waals surface area contributed by atoms with Gasteiger partial charge in [0.25, 0.3) is 0 Å². The van der Waals surface area contributed by atoms with E-state index in [2.05, 4.69) is 27.7 Å². The Hall–Kier alpha value is 0. The molecule has 0 aromatic rings. The molecule has 0 aromatic carbocycles. The summed E-state index contributed by atoms with van der Waals surface area (Å²) in [5.74, 6) is 3.98. The molecule has 0 amide bonds. The molecule has 0 saturated heterocycles. The van der Waals surface area contributed by atoms with Crippen molar-refractivity contribution in [1.82, 2.24) is 0 Å². The predicted octanol–water partition coefficient (Wildman–Crippen LogP) is 4.10. The van der Waals surface area contributed by atoms with Crippen molar-refractivity contribution in [3.8, 4) is 0 Å². The quantitative estimate of drug-likeness (QED) is 0.582. The zero-order valence-corrected chi connectivity index (χ0v) is 9.14. The van der Waals surface area contributed by atoms with Crippen molar-refractivity contribution in [3.63, 3.8) is 0 Å². The Kier molecular flexibility index (Phi) is 3.61. The van der Waals surface area contributed by atoms with Gasteiger partial charge in [0.15, 0.2) is 0 Å². The maximum Gasteiger partial charge on any atom is -0.0365 e. The lowest BCUT2D eigenvalue weighted by Crippen LogP contribution is -2.29. The van der Waals surface area contributed by atoms with Crippen molar-refractivity contribution in [1.29, 1.82) is 0 Å². The summed E-state index contributed by atoms with van der Waals surface area (Å²) in [7, 11) is 0. The molecule has 0 bridgehead atoms. The maximum absolute atomic E-state index is 2.45. The van der Waals surface area contributed by atoms with Crippen LogP contribution in [0, 0.1) is 23.7 Å². The van der Waals surface area contributed by atoms with Gasteiger partial charge in [0.2, 0.25) is 0 Å². The molecule has 1 saturated carbocycles. The highest BCUT2D eigenvalue weighted by molar-refractivity contribution is 4.80. The monoisotopic (exact) mass is 168 g/mol. The molecule has 0 heteroatoms. The Morgan fingerprint density at radius 2 is 1.42 bits per heavy atom. The van der Waals surface area contributed by atoms with E-state index in [1.807, 2.05) is 0 Å². The van der Waals surface area contributed by atoms with E-state index in [0.717, 1.165) is 23.7 Å². The first-order valence-electron chi connectivity index (χ1n) is 5.69. The van der Waals surface area contributed by atoms with Crippen LogP contribution in [-0.2, 0) is 0 Å². The summed E-state index contributed by atoms with van der Waals surface area (Å²) < 4.78 is 0. The molecular weight excluding hydrogens is 144 g/mol. The van der Waals surface area contributed by atoms with E-state index in [1.165, 1.54) is 25.7 Å². The van der Waals surface area contributed by atoms with Crippen LogP contribution in [0.2, 0.25) is 0 Å². The lowest BCUT2D eigenvalue weighted by Gasteiger charge is -2.38. The van der Waals surface area contributed by atoms with E-state index in [9.17, 15) is 0 Å². The average Bonchev–Trinajstić information content (AvgIpc) is 2.03. The third-order valence-electron chi connectivity index (χ3n) is 3.92. The summed E-state index contributed by atoms with van der Waals surface area (Å²) >= 11 is 0. The fourth-order valence-corrected chi connectivity index (χ4v) is 3.20. The Morgan fingerprint density at radius 3 is 1.75 bits per heavy atom. The predicted molar refractivity (Wildman–Crippen MR) is 55.1 cm³/mol. The SMILES string of the molecule is CCC1CC(C)C(CC)C(C)C1. The Bertz CT molecular complexity index is 116. The van der Waals surface area contributed by atoms with E-state index < -0.39 is 0 Å². The smallest absolute Gasteiger partial charge is 0.0365 e. The van der Waals surface area contributed by atoms with Gasteiger partial charge in [-0.1, -0.05) is 40.5 Å².